The number of rotatable bonds is 4. The van der Waals surface area contributed by atoms with Crippen LogP contribution in [0.2, 0.25) is 0 Å². The Morgan fingerprint density at radius 1 is 1.33 bits per heavy atom. The molecule has 1 fully saturated rings. The van der Waals surface area contributed by atoms with E-state index >= 15 is 0 Å². The van der Waals surface area contributed by atoms with E-state index in [0.29, 0.717) is 12.3 Å². The number of carbonyl (C=O) groups is 1. The smallest absolute Gasteiger partial charge is 0.287 e. The number of amides is 1. The van der Waals surface area contributed by atoms with Gasteiger partial charge in [0.25, 0.3) is 5.91 Å². The fourth-order valence-electron chi connectivity index (χ4n) is 2.52. The summed E-state index contributed by atoms with van der Waals surface area (Å²) in [6, 6.07) is 5.81. The molecule has 5 nitrogen and oxygen atoms in total. The third-order valence-corrected chi connectivity index (χ3v) is 3.76. The molecule has 21 heavy (non-hydrogen) atoms. The third-order valence-electron chi connectivity index (χ3n) is 3.76. The number of nitrogens with zero attached hydrogens (tertiary/aromatic N) is 2. The van der Waals surface area contributed by atoms with E-state index in [-0.39, 0.29) is 5.91 Å². The second-order valence-electron chi connectivity index (χ2n) is 5.33. The van der Waals surface area contributed by atoms with Crippen molar-refractivity contribution in [2.24, 2.45) is 0 Å². The minimum atomic E-state index is -0.193. The van der Waals surface area contributed by atoms with Gasteiger partial charge in [-0.25, -0.2) is 4.98 Å². The molecule has 0 radical (unpaired) electrons. The van der Waals surface area contributed by atoms with E-state index in [1.807, 2.05) is 25.3 Å². The van der Waals surface area contributed by atoms with E-state index in [1.54, 1.807) is 6.07 Å². The summed E-state index contributed by atoms with van der Waals surface area (Å²) >= 11 is 0. The first-order chi connectivity index (χ1) is 10.2. The maximum absolute atomic E-state index is 11.9. The first-order valence-electron chi connectivity index (χ1n) is 7.26. The van der Waals surface area contributed by atoms with Gasteiger partial charge < -0.3 is 14.6 Å². The highest BCUT2D eigenvalue weighted by atomic mass is 16.3. The van der Waals surface area contributed by atoms with E-state index in [2.05, 4.69) is 15.2 Å². The SMILES string of the molecule is Cc1ccoc1C(=O)NCc1ccc(N2CCCC2)nc1. The molecule has 0 spiro atoms. The first kappa shape index (κ1) is 13.7. The molecule has 0 saturated carbocycles. The molecule has 3 heterocycles. The molecule has 0 aliphatic carbocycles. The molecule has 110 valence electrons. The zero-order valence-corrected chi connectivity index (χ0v) is 12.1. The number of anilines is 1. The molecule has 0 unspecified atom stereocenters. The summed E-state index contributed by atoms with van der Waals surface area (Å²) in [7, 11) is 0. The Morgan fingerprint density at radius 2 is 2.14 bits per heavy atom. The highest BCUT2D eigenvalue weighted by molar-refractivity contribution is 5.92. The highest BCUT2D eigenvalue weighted by Gasteiger charge is 2.14. The Balaban J connectivity index is 1.58. The van der Waals surface area contributed by atoms with Gasteiger partial charge in [0.15, 0.2) is 5.76 Å². The highest BCUT2D eigenvalue weighted by Crippen LogP contribution is 2.17. The number of hydrogen-bond acceptors (Lipinski definition) is 4. The minimum absolute atomic E-state index is 0.193. The summed E-state index contributed by atoms with van der Waals surface area (Å²) < 4.78 is 5.17. The molecular weight excluding hydrogens is 266 g/mol. The first-order valence-corrected chi connectivity index (χ1v) is 7.26. The monoisotopic (exact) mass is 285 g/mol. The van der Waals surface area contributed by atoms with Gasteiger partial charge in [-0.3, -0.25) is 4.79 Å². The molecule has 2 aromatic rings. The predicted octanol–water partition coefficient (Wildman–Crippen LogP) is 2.51. The van der Waals surface area contributed by atoms with Crippen molar-refractivity contribution < 1.29 is 9.21 Å². The van der Waals surface area contributed by atoms with Crippen molar-refractivity contribution in [3.63, 3.8) is 0 Å². The number of furan rings is 1. The summed E-state index contributed by atoms with van der Waals surface area (Å²) in [6.07, 6.45) is 5.82. The van der Waals surface area contributed by atoms with Crippen LogP contribution in [0.25, 0.3) is 0 Å². The van der Waals surface area contributed by atoms with Crippen LogP contribution in [0.1, 0.15) is 34.5 Å². The zero-order chi connectivity index (χ0) is 14.7. The van der Waals surface area contributed by atoms with Crippen LogP contribution in [0, 0.1) is 6.92 Å². The number of pyridine rings is 1. The number of carbonyl (C=O) groups excluding carboxylic acids is 1. The van der Waals surface area contributed by atoms with Gasteiger partial charge in [-0.1, -0.05) is 6.07 Å². The number of aromatic nitrogens is 1. The molecule has 0 aromatic carbocycles. The van der Waals surface area contributed by atoms with Gasteiger partial charge in [-0.2, -0.15) is 0 Å². The fourth-order valence-corrected chi connectivity index (χ4v) is 2.52. The molecule has 1 amide bonds. The molecule has 2 aromatic heterocycles. The molecule has 1 N–H and O–H groups in total. The van der Waals surface area contributed by atoms with E-state index < -0.39 is 0 Å². The summed E-state index contributed by atoms with van der Waals surface area (Å²) in [5.41, 5.74) is 1.82. The topological polar surface area (TPSA) is 58.4 Å². The quantitative estimate of drug-likeness (QED) is 0.937. The van der Waals surface area contributed by atoms with Crippen LogP contribution in [0.5, 0.6) is 0 Å². The predicted molar refractivity (Wildman–Crippen MR) is 80.3 cm³/mol. The molecular formula is C16H19N3O2. The van der Waals surface area contributed by atoms with Crippen molar-refractivity contribution in [2.45, 2.75) is 26.3 Å². The van der Waals surface area contributed by atoms with Crippen LogP contribution in [-0.4, -0.2) is 24.0 Å². The van der Waals surface area contributed by atoms with Gasteiger partial charge in [-0.15, -0.1) is 0 Å². The lowest BCUT2D eigenvalue weighted by atomic mass is 10.2. The van der Waals surface area contributed by atoms with E-state index in [0.717, 1.165) is 30.0 Å². The zero-order valence-electron chi connectivity index (χ0n) is 12.1. The van der Waals surface area contributed by atoms with Gasteiger partial charge in [0.05, 0.1) is 6.26 Å². The van der Waals surface area contributed by atoms with Crippen molar-refractivity contribution in [1.29, 1.82) is 0 Å². The fraction of sp³-hybridized carbons (Fsp3) is 0.375. The Kier molecular flexibility index (Phi) is 3.90. The van der Waals surface area contributed by atoms with Crippen molar-refractivity contribution >= 4 is 11.7 Å². The van der Waals surface area contributed by atoms with E-state index in [9.17, 15) is 4.79 Å². The van der Waals surface area contributed by atoms with Crippen LogP contribution < -0.4 is 10.2 Å². The average molecular weight is 285 g/mol. The second kappa shape index (κ2) is 5.99. The van der Waals surface area contributed by atoms with Crippen LogP contribution in [0.4, 0.5) is 5.82 Å². The third kappa shape index (κ3) is 3.07. The number of nitrogens with one attached hydrogen (secondary N) is 1. The molecule has 0 atom stereocenters. The average Bonchev–Trinajstić information content (AvgIpc) is 3.16. The van der Waals surface area contributed by atoms with E-state index in [4.69, 9.17) is 4.42 Å². The Bertz CT molecular complexity index is 613. The van der Waals surface area contributed by atoms with Gasteiger partial charge in [0.1, 0.15) is 5.82 Å². The molecule has 5 heteroatoms. The van der Waals surface area contributed by atoms with Crippen LogP contribution in [-0.2, 0) is 6.54 Å². The lowest BCUT2D eigenvalue weighted by molar-refractivity contribution is 0.0922. The molecule has 0 bridgehead atoms. The normalized spacial score (nSPS) is 14.4. The summed E-state index contributed by atoms with van der Waals surface area (Å²) in [4.78, 5) is 18.7. The summed E-state index contributed by atoms with van der Waals surface area (Å²) in [6.45, 7) is 4.47. The Morgan fingerprint density at radius 3 is 2.76 bits per heavy atom. The number of hydrogen-bond donors (Lipinski definition) is 1. The summed E-state index contributed by atoms with van der Waals surface area (Å²) in [5.74, 6) is 1.20. The van der Waals surface area contributed by atoms with Gasteiger partial charge in [-0.05, 0) is 37.5 Å². The van der Waals surface area contributed by atoms with Gasteiger partial charge in [0.2, 0.25) is 0 Å². The summed E-state index contributed by atoms with van der Waals surface area (Å²) in [5, 5.41) is 2.84. The number of aryl methyl sites for hydroxylation is 1. The Hall–Kier alpha value is -2.30. The largest absolute Gasteiger partial charge is 0.459 e. The van der Waals surface area contributed by atoms with E-state index in [1.165, 1.54) is 19.1 Å². The van der Waals surface area contributed by atoms with Crippen molar-refractivity contribution in [3.05, 3.63) is 47.5 Å². The second-order valence-corrected chi connectivity index (χ2v) is 5.33. The minimum Gasteiger partial charge on any atom is -0.459 e. The maximum Gasteiger partial charge on any atom is 0.287 e. The lowest BCUT2D eigenvalue weighted by Crippen LogP contribution is -2.23. The molecule has 1 aliphatic rings. The standard InChI is InChI=1S/C16H19N3O2/c1-12-6-9-21-15(12)16(20)18-11-13-4-5-14(17-10-13)19-7-2-3-8-19/h4-6,9-10H,2-3,7-8,11H2,1H3,(H,18,20). The van der Waals surface area contributed by atoms with Crippen LogP contribution >= 0.6 is 0 Å². The van der Waals surface area contributed by atoms with Crippen molar-refractivity contribution in [2.75, 3.05) is 18.0 Å². The lowest BCUT2D eigenvalue weighted by Gasteiger charge is -2.16. The molecule has 1 aliphatic heterocycles. The van der Waals surface area contributed by atoms with Crippen molar-refractivity contribution in [1.82, 2.24) is 10.3 Å². The van der Waals surface area contributed by atoms with Gasteiger partial charge >= 0.3 is 0 Å². The van der Waals surface area contributed by atoms with Crippen LogP contribution in [0.15, 0.2) is 35.1 Å². The Labute approximate surface area is 124 Å². The molecule has 1 saturated heterocycles. The van der Waals surface area contributed by atoms with Crippen molar-refractivity contribution in [3.8, 4) is 0 Å². The molecule has 3 rings (SSSR count). The maximum atomic E-state index is 11.9. The van der Waals surface area contributed by atoms with Crippen LogP contribution in [0.3, 0.4) is 0 Å². The van der Waals surface area contributed by atoms with Gasteiger partial charge in [0, 0.05) is 31.4 Å².